The summed E-state index contributed by atoms with van der Waals surface area (Å²) in [5, 5.41) is 3.07. The molecule has 1 N–H and O–H groups in total. The summed E-state index contributed by atoms with van der Waals surface area (Å²) < 4.78 is 39.7. The lowest BCUT2D eigenvalue weighted by Crippen LogP contribution is -2.35. The van der Waals surface area contributed by atoms with Gasteiger partial charge in [0.05, 0.1) is 12.7 Å². The Kier molecular flexibility index (Phi) is 4.22. The molecule has 1 aromatic heterocycles. The van der Waals surface area contributed by atoms with Crippen LogP contribution >= 0.6 is 0 Å². The van der Waals surface area contributed by atoms with E-state index < -0.39 is 6.61 Å². The third-order valence-corrected chi connectivity index (χ3v) is 3.04. The van der Waals surface area contributed by atoms with E-state index in [1.54, 1.807) is 6.07 Å². The number of benzene rings is 1. The van der Waals surface area contributed by atoms with E-state index in [1.807, 2.05) is 24.3 Å². The molecule has 1 atom stereocenters. The van der Waals surface area contributed by atoms with Crippen molar-refractivity contribution in [3.05, 3.63) is 42.6 Å². The predicted octanol–water partition coefficient (Wildman–Crippen LogP) is 2.93. The Morgan fingerprint density at radius 1 is 1.23 bits per heavy atom. The normalized spacial score (nSPS) is 16.4. The number of fused-ring (bicyclic) bond motifs is 1. The van der Waals surface area contributed by atoms with Crippen LogP contribution in [0.2, 0.25) is 0 Å². The maximum absolute atomic E-state index is 12.0. The smallest absolute Gasteiger partial charge is 0.387 e. The zero-order valence-electron chi connectivity index (χ0n) is 11.5. The molecular weight excluding hydrogens is 294 g/mol. The highest BCUT2D eigenvalue weighted by atomic mass is 19.3. The van der Waals surface area contributed by atoms with Crippen LogP contribution in [0.4, 0.5) is 14.6 Å². The number of pyridine rings is 1. The van der Waals surface area contributed by atoms with E-state index in [-0.39, 0.29) is 11.9 Å². The third kappa shape index (κ3) is 3.55. The van der Waals surface area contributed by atoms with Gasteiger partial charge in [-0.05, 0) is 24.3 Å². The van der Waals surface area contributed by atoms with Crippen LogP contribution in [0, 0.1) is 0 Å². The lowest BCUT2D eigenvalue weighted by molar-refractivity contribution is -0.0500. The van der Waals surface area contributed by atoms with Gasteiger partial charge >= 0.3 is 6.61 Å². The fourth-order valence-electron chi connectivity index (χ4n) is 2.04. The van der Waals surface area contributed by atoms with Crippen LogP contribution in [0.3, 0.4) is 0 Å². The summed E-state index contributed by atoms with van der Waals surface area (Å²) >= 11 is 0. The minimum absolute atomic E-state index is 0.0201. The minimum Gasteiger partial charge on any atom is -0.486 e. The Hall–Kier alpha value is -2.57. The van der Waals surface area contributed by atoms with Gasteiger partial charge in [0.2, 0.25) is 0 Å². The van der Waals surface area contributed by atoms with E-state index in [1.165, 1.54) is 12.3 Å². The van der Waals surface area contributed by atoms with Crippen LogP contribution in [0.1, 0.15) is 0 Å². The molecule has 1 aromatic carbocycles. The van der Waals surface area contributed by atoms with Gasteiger partial charge < -0.3 is 19.5 Å². The molecule has 1 aliphatic heterocycles. The fourth-order valence-corrected chi connectivity index (χ4v) is 2.04. The second-order valence-corrected chi connectivity index (χ2v) is 4.64. The Bertz CT molecular complexity index is 622. The summed E-state index contributed by atoms with van der Waals surface area (Å²) in [6.07, 6.45) is 1.08. The van der Waals surface area contributed by atoms with Crippen molar-refractivity contribution in [3.8, 4) is 17.2 Å². The van der Waals surface area contributed by atoms with Gasteiger partial charge in [-0.2, -0.15) is 8.78 Å². The lowest BCUT2D eigenvalue weighted by atomic mass is 10.2. The summed E-state index contributed by atoms with van der Waals surface area (Å²) in [6.45, 7) is -1.94. The molecule has 0 spiro atoms. The van der Waals surface area contributed by atoms with Crippen molar-refractivity contribution in [2.75, 3.05) is 18.5 Å². The van der Waals surface area contributed by atoms with Gasteiger partial charge in [0, 0.05) is 0 Å². The van der Waals surface area contributed by atoms with E-state index >= 15 is 0 Å². The van der Waals surface area contributed by atoms with Crippen molar-refractivity contribution in [3.63, 3.8) is 0 Å². The molecule has 0 aliphatic carbocycles. The van der Waals surface area contributed by atoms with Gasteiger partial charge in [-0.25, -0.2) is 4.98 Å². The quantitative estimate of drug-likeness (QED) is 0.920. The molecule has 0 bridgehead atoms. The van der Waals surface area contributed by atoms with Gasteiger partial charge in [0.1, 0.15) is 24.3 Å². The summed E-state index contributed by atoms with van der Waals surface area (Å²) in [5.74, 6) is 2.00. The lowest BCUT2D eigenvalue weighted by Gasteiger charge is -2.26. The number of hydrogen-bond donors (Lipinski definition) is 1. The van der Waals surface area contributed by atoms with Crippen LogP contribution in [-0.4, -0.2) is 30.9 Å². The molecule has 1 aliphatic rings. The standard InChI is InChI=1S/C15H14F2N2O3/c16-15(17)22-10-5-6-14(18-7-10)19-8-11-9-20-12-3-1-2-4-13(12)21-11/h1-7,11,15H,8-9H2,(H,18,19). The number of nitrogens with zero attached hydrogens (tertiary/aromatic N) is 1. The molecule has 1 unspecified atom stereocenters. The molecule has 2 aromatic rings. The topological polar surface area (TPSA) is 52.6 Å². The van der Waals surface area contributed by atoms with Crippen LogP contribution in [0.15, 0.2) is 42.6 Å². The fraction of sp³-hybridized carbons (Fsp3) is 0.267. The van der Waals surface area contributed by atoms with Crippen LogP contribution < -0.4 is 19.5 Å². The SMILES string of the molecule is FC(F)Oc1ccc(NCC2COc3ccccc3O2)nc1. The number of rotatable bonds is 5. The summed E-state index contributed by atoms with van der Waals surface area (Å²) in [7, 11) is 0. The molecular formula is C15H14F2N2O3. The number of aromatic nitrogens is 1. The average Bonchev–Trinajstić information content (AvgIpc) is 2.53. The minimum atomic E-state index is -2.85. The highest BCUT2D eigenvalue weighted by Crippen LogP contribution is 2.30. The monoisotopic (exact) mass is 308 g/mol. The highest BCUT2D eigenvalue weighted by molar-refractivity contribution is 5.41. The van der Waals surface area contributed by atoms with E-state index in [9.17, 15) is 8.78 Å². The highest BCUT2D eigenvalue weighted by Gasteiger charge is 2.20. The molecule has 3 rings (SSSR count). The number of para-hydroxylation sites is 2. The molecule has 0 saturated heterocycles. The molecule has 0 fully saturated rings. The van der Waals surface area contributed by atoms with E-state index in [0.717, 1.165) is 5.75 Å². The number of hydrogen-bond acceptors (Lipinski definition) is 5. The first-order valence-corrected chi connectivity index (χ1v) is 6.74. The van der Waals surface area contributed by atoms with Gasteiger partial charge in [0.15, 0.2) is 11.5 Å². The van der Waals surface area contributed by atoms with Crippen molar-refractivity contribution in [1.29, 1.82) is 0 Å². The van der Waals surface area contributed by atoms with Crippen LogP contribution in [0.5, 0.6) is 17.2 Å². The number of halogens is 2. The molecule has 2 heterocycles. The molecule has 22 heavy (non-hydrogen) atoms. The van der Waals surface area contributed by atoms with Gasteiger partial charge in [-0.1, -0.05) is 12.1 Å². The maximum Gasteiger partial charge on any atom is 0.387 e. The van der Waals surface area contributed by atoms with Crippen molar-refractivity contribution in [2.45, 2.75) is 12.7 Å². The second kappa shape index (κ2) is 6.46. The van der Waals surface area contributed by atoms with Gasteiger partial charge in [-0.3, -0.25) is 0 Å². The number of anilines is 1. The van der Waals surface area contributed by atoms with Crippen LogP contribution in [-0.2, 0) is 0 Å². The maximum atomic E-state index is 12.0. The number of ether oxygens (including phenoxy) is 3. The van der Waals surface area contributed by atoms with Gasteiger partial charge in [-0.15, -0.1) is 0 Å². The van der Waals surface area contributed by atoms with E-state index in [4.69, 9.17) is 9.47 Å². The average molecular weight is 308 g/mol. The van der Waals surface area contributed by atoms with Crippen LogP contribution in [0.25, 0.3) is 0 Å². The Morgan fingerprint density at radius 2 is 2.05 bits per heavy atom. The first-order chi connectivity index (χ1) is 10.7. The molecule has 0 amide bonds. The van der Waals surface area contributed by atoms with Crippen molar-refractivity contribution in [2.24, 2.45) is 0 Å². The summed E-state index contributed by atoms with van der Waals surface area (Å²) in [5.41, 5.74) is 0. The molecule has 5 nitrogen and oxygen atoms in total. The van der Waals surface area contributed by atoms with E-state index in [0.29, 0.717) is 24.7 Å². The van der Waals surface area contributed by atoms with Crippen molar-refractivity contribution < 1.29 is 23.0 Å². The third-order valence-electron chi connectivity index (χ3n) is 3.04. The zero-order valence-corrected chi connectivity index (χ0v) is 11.5. The van der Waals surface area contributed by atoms with E-state index in [2.05, 4.69) is 15.0 Å². The Labute approximate surface area is 125 Å². The molecule has 0 saturated carbocycles. The Balaban J connectivity index is 1.53. The first-order valence-electron chi connectivity index (χ1n) is 6.74. The largest absolute Gasteiger partial charge is 0.486 e. The predicted molar refractivity (Wildman–Crippen MR) is 75.7 cm³/mol. The van der Waals surface area contributed by atoms with Crippen molar-refractivity contribution >= 4 is 5.82 Å². The second-order valence-electron chi connectivity index (χ2n) is 4.64. The Morgan fingerprint density at radius 3 is 2.77 bits per heavy atom. The summed E-state index contributed by atoms with van der Waals surface area (Å²) in [4.78, 5) is 3.99. The van der Waals surface area contributed by atoms with Gasteiger partial charge in [0.25, 0.3) is 0 Å². The summed E-state index contributed by atoms with van der Waals surface area (Å²) in [6, 6.07) is 10.4. The molecule has 7 heteroatoms. The zero-order chi connectivity index (χ0) is 15.4. The number of nitrogens with one attached hydrogen (secondary N) is 1. The molecule has 0 radical (unpaired) electrons. The van der Waals surface area contributed by atoms with Crippen molar-refractivity contribution in [1.82, 2.24) is 4.98 Å². The first kappa shape index (κ1) is 14.4. The molecule has 116 valence electrons. The number of alkyl halides is 2.